The summed E-state index contributed by atoms with van der Waals surface area (Å²) < 4.78 is 23.1. The van der Waals surface area contributed by atoms with Crippen LogP contribution in [0.3, 0.4) is 0 Å². The van der Waals surface area contributed by atoms with Gasteiger partial charge in [-0.1, -0.05) is 20.8 Å². The second-order valence-corrected chi connectivity index (χ2v) is 8.45. The van der Waals surface area contributed by atoms with Crippen LogP contribution in [0.15, 0.2) is 0 Å². The van der Waals surface area contributed by atoms with E-state index in [4.69, 9.17) is 0 Å². The van der Waals surface area contributed by atoms with Crippen LogP contribution in [0, 0.1) is 5.41 Å². The molecule has 0 aromatic heterocycles. The van der Waals surface area contributed by atoms with Gasteiger partial charge in [0.25, 0.3) is 0 Å². The summed E-state index contributed by atoms with van der Waals surface area (Å²) >= 11 is 0. The van der Waals surface area contributed by atoms with Crippen molar-refractivity contribution in [1.29, 1.82) is 0 Å². The molecule has 2 saturated heterocycles. The van der Waals surface area contributed by atoms with Crippen LogP contribution in [-0.4, -0.2) is 42.8 Å². The third-order valence-corrected chi connectivity index (χ3v) is 5.52. The summed E-state index contributed by atoms with van der Waals surface area (Å²) in [5, 5.41) is -0.290. The van der Waals surface area contributed by atoms with Gasteiger partial charge in [0, 0.05) is 19.0 Å². The topological polar surface area (TPSA) is 54.5 Å². The number of carbonyl (C=O) groups excluding carboxylic acids is 1. The third kappa shape index (κ3) is 2.10. The zero-order chi connectivity index (χ0) is 12.1. The molecular weight excluding hydrogens is 226 g/mol. The number of hydrogen-bond donors (Lipinski definition) is 0. The normalized spacial score (nSPS) is 32.1. The van der Waals surface area contributed by atoms with Gasteiger partial charge < -0.3 is 4.90 Å². The molecule has 4 nitrogen and oxygen atoms in total. The molecule has 0 radical (unpaired) electrons. The minimum Gasteiger partial charge on any atom is -0.337 e. The first kappa shape index (κ1) is 11.9. The molecule has 2 rings (SSSR count). The summed E-state index contributed by atoms with van der Waals surface area (Å²) in [5.41, 5.74) is -0.0300. The van der Waals surface area contributed by atoms with Gasteiger partial charge in [0.1, 0.15) is 0 Å². The van der Waals surface area contributed by atoms with Crippen LogP contribution < -0.4 is 0 Å². The smallest absolute Gasteiger partial charge is 0.223 e. The number of nitrogens with zero attached hydrogens (tertiary/aromatic N) is 1. The van der Waals surface area contributed by atoms with Crippen molar-refractivity contribution in [2.45, 2.75) is 44.9 Å². The molecule has 0 spiro atoms. The Balaban J connectivity index is 2.04. The molecule has 2 unspecified atom stereocenters. The first-order valence-corrected chi connectivity index (χ1v) is 7.42. The fourth-order valence-corrected chi connectivity index (χ4v) is 4.58. The van der Waals surface area contributed by atoms with Gasteiger partial charge in [-0.05, 0) is 11.8 Å². The maximum absolute atomic E-state index is 12.0. The van der Waals surface area contributed by atoms with E-state index >= 15 is 0 Å². The number of sulfone groups is 1. The van der Waals surface area contributed by atoms with Crippen molar-refractivity contribution >= 4 is 15.7 Å². The molecule has 0 saturated carbocycles. The van der Waals surface area contributed by atoms with Crippen molar-refractivity contribution in [2.75, 3.05) is 12.3 Å². The summed E-state index contributed by atoms with van der Waals surface area (Å²) in [4.78, 5) is 13.8. The van der Waals surface area contributed by atoms with Gasteiger partial charge in [0.2, 0.25) is 5.91 Å². The highest BCUT2D eigenvalue weighted by Gasteiger charge is 2.50. The zero-order valence-corrected chi connectivity index (χ0v) is 10.9. The predicted molar refractivity (Wildman–Crippen MR) is 61.8 cm³/mol. The lowest BCUT2D eigenvalue weighted by Crippen LogP contribution is -2.45. The molecule has 2 fully saturated rings. The lowest BCUT2D eigenvalue weighted by atomic mass is 9.91. The van der Waals surface area contributed by atoms with E-state index in [9.17, 15) is 13.2 Å². The average molecular weight is 245 g/mol. The Morgan fingerprint density at radius 3 is 2.38 bits per heavy atom. The average Bonchev–Trinajstić information content (AvgIpc) is 2.54. The van der Waals surface area contributed by atoms with Gasteiger partial charge in [-0.2, -0.15) is 0 Å². The van der Waals surface area contributed by atoms with E-state index in [1.54, 1.807) is 4.90 Å². The molecule has 2 aliphatic heterocycles. The van der Waals surface area contributed by atoms with Gasteiger partial charge in [0.05, 0.1) is 11.0 Å². The van der Waals surface area contributed by atoms with Crippen molar-refractivity contribution in [3.05, 3.63) is 0 Å². The lowest BCUT2D eigenvalue weighted by Gasteiger charge is -2.29. The first-order chi connectivity index (χ1) is 7.19. The molecule has 1 amide bonds. The summed E-state index contributed by atoms with van der Waals surface area (Å²) in [6.07, 6.45) is 1.15. The number of fused-ring (bicyclic) bond motifs is 2. The van der Waals surface area contributed by atoms with Gasteiger partial charge in [-0.15, -0.1) is 0 Å². The molecule has 16 heavy (non-hydrogen) atoms. The lowest BCUT2D eigenvalue weighted by molar-refractivity contribution is -0.133. The number of amides is 1. The predicted octanol–water partition coefficient (Wildman–Crippen LogP) is 0.821. The van der Waals surface area contributed by atoms with E-state index in [0.29, 0.717) is 19.4 Å². The van der Waals surface area contributed by atoms with E-state index in [2.05, 4.69) is 0 Å². The van der Waals surface area contributed by atoms with Gasteiger partial charge in [-0.3, -0.25) is 4.79 Å². The molecule has 2 atom stereocenters. The molecule has 5 heteroatoms. The number of rotatable bonds is 1. The maximum atomic E-state index is 12.0. The Bertz CT molecular complexity index is 407. The number of carbonyl (C=O) groups is 1. The summed E-state index contributed by atoms with van der Waals surface area (Å²) in [6.45, 7) is 6.49. The Kier molecular flexibility index (Phi) is 2.57. The van der Waals surface area contributed by atoms with Crippen molar-refractivity contribution < 1.29 is 13.2 Å². The van der Waals surface area contributed by atoms with E-state index in [1.165, 1.54) is 0 Å². The monoisotopic (exact) mass is 245 g/mol. The van der Waals surface area contributed by atoms with E-state index < -0.39 is 9.84 Å². The third-order valence-electron chi connectivity index (χ3n) is 3.31. The molecule has 0 aromatic carbocycles. The summed E-state index contributed by atoms with van der Waals surface area (Å²) in [5.74, 6) is 0.281. The fourth-order valence-electron chi connectivity index (χ4n) is 2.56. The highest BCUT2D eigenvalue weighted by molar-refractivity contribution is 7.92. The second kappa shape index (κ2) is 3.45. The molecule has 0 aromatic rings. The van der Waals surface area contributed by atoms with Crippen molar-refractivity contribution in [3.63, 3.8) is 0 Å². The van der Waals surface area contributed by atoms with Crippen LogP contribution >= 0.6 is 0 Å². The second-order valence-electron chi connectivity index (χ2n) is 6.12. The van der Waals surface area contributed by atoms with Gasteiger partial charge in [-0.25, -0.2) is 8.42 Å². The SMILES string of the molecule is CC(C)(C)CC(=O)N1CC2CC1CS2(=O)=O. The van der Waals surface area contributed by atoms with E-state index in [1.807, 2.05) is 20.8 Å². The molecule has 2 aliphatic rings. The number of likely N-dealkylation sites (tertiary alicyclic amines) is 1. The standard InChI is InChI=1S/C11H19NO3S/c1-11(2,3)5-10(13)12-6-9-4-8(12)7-16(9,14)15/h8-9H,4-7H2,1-3H3. The van der Waals surface area contributed by atoms with Crippen LogP contribution in [-0.2, 0) is 14.6 Å². The van der Waals surface area contributed by atoms with Gasteiger partial charge >= 0.3 is 0 Å². The fraction of sp³-hybridized carbons (Fsp3) is 0.909. The van der Waals surface area contributed by atoms with Gasteiger partial charge in [0.15, 0.2) is 9.84 Å². The highest BCUT2D eigenvalue weighted by atomic mass is 32.2. The molecular formula is C11H19NO3S. The quantitative estimate of drug-likeness (QED) is 0.687. The minimum absolute atomic E-state index is 0.0300. The van der Waals surface area contributed by atoms with E-state index in [0.717, 1.165) is 0 Å². The molecule has 92 valence electrons. The van der Waals surface area contributed by atoms with Crippen LogP contribution in [0.1, 0.15) is 33.6 Å². The molecule has 0 aliphatic carbocycles. The summed E-state index contributed by atoms with van der Waals surface area (Å²) in [7, 11) is -2.89. The van der Waals surface area contributed by atoms with Crippen molar-refractivity contribution in [1.82, 2.24) is 4.90 Å². The van der Waals surface area contributed by atoms with Crippen LogP contribution in [0.5, 0.6) is 0 Å². The Morgan fingerprint density at radius 2 is 2.00 bits per heavy atom. The maximum Gasteiger partial charge on any atom is 0.223 e. The Morgan fingerprint density at radius 1 is 1.38 bits per heavy atom. The van der Waals surface area contributed by atoms with Crippen LogP contribution in [0.4, 0.5) is 0 Å². The largest absolute Gasteiger partial charge is 0.337 e. The van der Waals surface area contributed by atoms with Crippen LogP contribution in [0.2, 0.25) is 0 Å². The Labute approximate surface area is 96.9 Å². The highest BCUT2D eigenvalue weighted by Crippen LogP contribution is 2.34. The van der Waals surface area contributed by atoms with Crippen LogP contribution in [0.25, 0.3) is 0 Å². The Hall–Kier alpha value is -0.580. The molecule has 2 heterocycles. The van der Waals surface area contributed by atoms with Crippen molar-refractivity contribution in [2.24, 2.45) is 5.41 Å². The molecule has 0 N–H and O–H groups in total. The minimum atomic E-state index is -2.89. The zero-order valence-electron chi connectivity index (χ0n) is 10.1. The first-order valence-electron chi connectivity index (χ1n) is 5.70. The molecule has 2 bridgehead atoms. The van der Waals surface area contributed by atoms with E-state index in [-0.39, 0.29) is 28.4 Å². The van der Waals surface area contributed by atoms with Crippen molar-refractivity contribution in [3.8, 4) is 0 Å². The summed E-state index contributed by atoms with van der Waals surface area (Å²) in [6, 6.07) is -0.0511. The number of hydrogen-bond acceptors (Lipinski definition) is 3.